The van der Waals surface area contributed by atoms with Crippen LogP contribution in [0, 0.1) is 11.3 Å². The summed E-state index contributed by atoms with van der Waals surface area (Å²) in [6.07, 6.45) is 3.60. The molecule has 4 nitrogen and oxygen atoms in total. The second-order valence-electron chi connectivity index (χ2n) is 5.17. The predicted octanol–water partition coefficient (Wildman–Crippen LogP) is 2.08. The van der Waals surface area contributed by atoms with Crippen molar-refractivity contribution in [3.05, 3.63) is 29.6 Å². The fraction of sp³-hybridized carbons (Fsp3) is 0.467. The average Bonchev–Trinajstić information content (AvgIpc) is 3.05. The van der Waals surface area contributed by atoms with E-state index in [1.807, 2.05) is 25.2 Å². The van der Waals surface area contributed by atoms with Crippen LogP contribution < -0.4 is 0 Å². The highest BCUT2D eigenvalue weighted by molar-refractivity contribution is 5.82. The molecule has 0 atom stereocenters. The van der Waals surface area contributed by atoms with Gasteiger partial charge in [-0.05, 0) is 38.1 Å². The topological polar surface area (TPSA) is 44.9 Å². The minimum absolute atomic E-state index is 0.667. The zero-order valence-corrected chi connectivity index (χ0v) is 11.3. The molecule has 1 aliphatic rings. The molecule has 0 N–H and O–H groups in total. The number of rotatable bonds is 3. The molecule has 0 amide bonds. The van der Waals surface area contributed by atoms with Crippen LogP contribution in [0.15, 0.2) is 18.2 Å². The third-order valence-corrected chi connectivity index (χ3v) is 3.97. The first-order valence-electron chi connectivity index (χ1n) is 6.86. The molecule has 1 aromatic carbocycles. The molecule has 1 aliphatic heterocycles. The van der Waals surface area contributed by atoms with Crippen molar-refractivity contribution in [2.45, 2.75) is 19.3 Å². The second kappa shape index (κ2) is 5.02. The van der Waals surface area contributed by atoms with Crippen molar-refractivity contribution < 1.29 is 0 Å². The van der Waals surface area contributed by atoms with Gasteiger partial charge in [0.25, 0.3) is 0 Å². The first-order valence-corrected chi connectivity index (χ1v) is 6.86. The van der Waals surface area contributed by atoms with Crippen LogP contribution >= 0.6 is 0 Å². The summed E-state index contributed by atoms with van der Waals surface area (Å²) in [5.41, 5.74) is 2.56. The van der Waals surface area contributed by atoms with Crippen LogP contribution in [-0.2, 0) is 13.5 Å². The zero-order chi connectivity index (χ0) is 13.2. The predicted molar refractivity (Wildman–Crippen MR) is 74.8 cm³/mol. The number of benzene rings is 1. The third-order valence-electron chi connectivity index (χ3n) is 3.97. The third kappa shape index (κ3) is 2.22. The summed E-state index contributed by atoms with van der Waals surface area (Å²) in [6.45, 7) is 3.50. The Morgan fingerprint density at radius 3 is 2.84 bits per heavy atom. The molecule has 1 saturated heterocycles. The molecule has 3 rings (SSSR count). The Morgan fingerprint density at radius 1 is 1.32 bits per heavy atom. The van der Waals surface area contributed by atoms with Gasteiger partial charge in [-0.25, -0.2) is 4.98 Å². The average molecular weight is 254 g/mol. The Kier molecular flexibility index (Phi) is 3.22. The normalized spacial score (nSPS) is 16.0. The lowest BCUT2D eigenvalue weighted by atomic mass is 10.2. The lowest BCUT2D eigenvalue weighted by Crippen LogP contribution is -2.22. The van der Waals surface area contributed by atoms with Crippen molar-refractivity contribution in [1.82, 2.24) is 14.5 Å². The summed E-state index contributed by atoms with van der Waals surface area (Å²) in [7, 11) is 2.04. The van der Waals surface area contributed by atoms with Gasteiger partial charge in [-0.2, -0.15) is 5.26 Å². The van der Waals surface area contributed by atoms with Crippen LogP contribution in [-0.4, -0.2) is 34.1 Å². The van der Waals surface area contributed by atoms with E-state index < -0.39 is 0 Å². The number of aryl methyl sites for hydroxylation is 1. The Labute approximate surface area is 113 Å². The number of para-hydroxylation sites is 1. The number of aromatic nitrogens is 2. The molecule has 0 bridgehead atoms. The van der Waals surface area contributed by atoms with Gasteiger partial charge >= 0.3 is 0 Å². The first-order chi connectivity index (χ1) is 9.29. The SMILES string of the molecule is Cn1c(CCN2CCCC2)nc2c(C#N)cccc21. The van der Waals surface area contributed by atoms with E-state index >= 15 is 0 Å². The standard InChI is InChI=1S/C15H18N4/c1-18-13-6-4-5-12(11-16)15(13)17-14(18)7-10-19-8-2-3-9-19/h4-6H,2-3,7-10H2,1H3. The van der Waals surface area contributed by atoms with E-state index in [4.69, 9.17) is 5.26 Å². The van der Waals surface area contributed by atoms with Crippen LogP contribution in [0.4, 0.5) is 0 Å². The maximum Gasteiger partial charge on any atom is 0.110 e. The molecule has 98 valence electrons. The number of fused-ring (bicyclic) bond motifs is 1. The summed E-state index contributed by atoms with van der Waals surface area (Å²) in [4.78, 5) is 7.15. The fourth-order valence-electron chi connectivity index (χ4n) is 2.84. The highest BCUT2D eigenvalue weighted by atomic mass is 15.1. The van der Waals surface area contributed by atoms with Crippen LogP contribution in [0.3, 0.4) is 0 Å². The van der Waals surface area contributed by atoms with Gasteiger partial charge in [-0.15, -0.1) is 0 Å². The van der Waals surface area contributed by atoms with Gasteiger partial charge in [0.2, 0.25) is 0 Å². The van der Waals surface area contributed by atoms with Crippen molar-refractivity contribution in [3.63, 3.8) is 0 Å². The lowest BCUT2D eigenvalue weighted by Gasteiger charge is -2.13. The molecule has 1 aromatic heterocycles. The molecule has 4 heteroatoms. The Morgan fingerprint density at radius 2 is 2.11 bits per heavy atom. The number of likely N-dealkylation sites (tertiary alicyclic amines) is 1. The van der Waals surface area contributed by atoms with Crippen molar-refractivity contribution in [3.8, 4) is 6.07 Å². The molecule has 0 radical (unpaired) electrons. The van der Waals surface area contributed by atoms with Crippen LogP contribution in [0.2, 0.25) is 0 Å². The van der Waals surface area contributed by atoms with Crippen molar-refractivity contribution in [1.29, 1.82) is 5.26 Å². The molecule has 19 heavy (non-hydrogen) atoms. The fourth-order valence-corrected chi connectivity index (χ4v) is 2.84. The van der Waals surface area contributed by atoms with E-state index in [1.165, 1.54) is 25.9 Å². The summed E-state index contributed by atoms with van der Waals surface area (Å²) in [6, 6.07) is 8.01. The van der Waals surface area contributed by atoms with E-state index in [2.05, 4.69) is 20.5 Å². The molecule has 0 saturated carbocycles. The van der Waals surface area contributed by atoms with E-state index in [1.54, 1.807) is 0 Å². The molecule has 1 fully saturated rings. The minimum atomic E-state index is 0.667. The highest BCUT2D eigenvalue weighted by Crippen LogP contribution is 2.19. The monoisotopic (exact) mass is 254 g/mol. The molecule has 2 heterocycles. The summed E-state index contributed by atoms with van der Waals surface area (Å²) >= 11 is 0. The Bertz CT molecular complexity index is 629. The largest absolute Gasteiger partial charge is 0.331 e. The Hall–Kier alpha value is -1.86. The smallest absolute Gasteiger partial charge is 0.110 e. The number of nitrogens with zero attached hydrogens (tertiary/aromatic N) is 4. The van der Waals surface area contributed by atoms with Crippen LogP contribution in [0.1, 0.15) is 24.2 Å². The molecular weight excluding hydrogens is 236 g/mol. The van der Waals surface area contributed by atoms with Crippen molar-refractivity contribution >= 4 is 11.0 Å². The van der Waals surface area contributed by atoms with E-state index in [9.17, 15) is 0 Å². The number of hydrogen-bond acceptors (Lipinski definition) is 3. The number of nitriles is 1. The van der Waals surface area contributed by atoms with Gasteiger partial charge in [0.15, 0.2) is 0 Å². The Balaban J connectivity index is 1.87. The van der Waals surface area contributed by atoms with Gasteiger partial charge < -0.3 is 9.47 Å². The number of hydrogen-bond donors (Lipinski definition) is 0. The summed E-state index contributed by atoms with van der Waals surface area (Å²) in [5.74, 6) is 1.07. The van der Waals surface area contributed by atoms with Gasteiger partial charge in [-0.3, -0.25) is 0 Å². The maximum absolute atomic E-state index is 9.13. The summed E-state index contributed by atoms with van der Waals surface area (Å²) in [5, 5.41) is 9.13. The van der Waals surface area contributed by atoms with Crippen LogP contribution in [0.25, 0.3) is 11.0 Å². The van der Waals surface area contributed by atoms with Gasteiger partial charge in [0.05, 0.1) is 11.1 Å². The van der Waals surface area contributed by atoms with Gasteiger partial charge in [-0.1, -0.05) is 6.07 Å². The van der Waals surface area contributed by atoms with E-state index in [0.29, 0.717) is 5.56 Å². The van der Waals surface area contributed by atoms with Crippen molar-refractivity contribution in [2.24, 2.45) is 7.05 Å². The van der Waals surface area contributed by atoms with E-state index in [-0.39, 0.29) is 0 Å². The zero-order valence-electron chi connectivity index (χ0n) is 11.3. The first kappa shape index (κ1) is 12.2. The second-order valence-corrected chi connectivity index (χ2v) is 5.17. The molecular formula is C15H18N4. The number of imidazole rings is 1. The minimum Gasteiger partial charge on any atom is -0.331 e. The molecule has 0 spiro atoms. The van der Waals surface area contributed by atoms with E-state index in [0.717, 1.165) is 29.8 Å². The molecule has 0 unspecified atom stereocenters. The highest BCUT2D eigenvalue weighted by Gasteiger charge is 2.14. The summed E-state index contributed by atoms with van der Waals surface area (Å²) < 4.78 is 2.12. The quantitative estimate of drug-likeness (QED) is 0.842. The molecule has 0 aliphatic carbocycles. The van der Waals surface area contributed by atoms with Gasteiger partial charge in [0.1, 0.15) is 17.4 Å². The van der Waals surface area contributed by atoms with Crippen molar-refractivity contribution in [2.75, 3.05) is 19.6 Å². The molecule has 2 aromatic rings. The van der Waals surface area contributed by atoms with Gasteiger partial charge in [0, 0.05) is 20.0 Å². The lowest BCUT2D eigenvalue weighted by molar-refractivity contribution is 0.340. The maximum atomic E-state index is 9.13. The van der Waals surface area contributed by atoms with Crippen LogP contribution in [0.5, 0.6) is 0 Å².